The summed E-state index contributed by atoms with van der Waals surface area (Å²) in [7, 11) is -4.00. The highest BCUT2D eigenvalue weighted by Crippen LogP contribution is 2.05. The molecule has 1 N–H and O–H groups in total. The average molecular weight is 362 g/mol. The molecular formula is C12H11IO3S. The lowest BCUT2D eigenvalue weighted by Crippen LogP contribution is -1.96. The van der Waals surface area contributed by atoms with Gasteiger partial charge < -0.3 is 0 Å². The normalized spacial score (nSPS) is 10.2. The van der Waals surface area contributed by atoms with Crippen LogP contribution in [-0.4, -0.2) is 13.0 Å². The summed E-state index contributed by atoms with van der Waals surface area (Å²) in [6.07, 6.45) is 0. The summed E-state index contributed by atoms with van der Waals surface area (Å²) >= 11 is 2.28. The van der Waals surface area contributed by atoms with Crippen molar-refractivity contribution in [3.8, 4) is 0 Å². The fourth-order valence-corrected chi connectivity index (χ4v) is 1.92. The standard InChI is InChI=1S/C6H5I.C6H6O3S/c7-6-4-2-1-3-5-6;7-10(8,9)6-4-2-1-3-5-6/h1-5H;1-5H,(H,7,8,9). The Balaban J connectivity index is 0.000000181. The van der Waals surface area contributed by atoms with Gasteiger partial charge in [-0.05, 0) is 46.9 Å². The molecule has 0 aliphatic heterocycles. The fourth-order valence-electron chi connectivity index (χ4n) is 1.01. The summed E-state index contributed by atoms with van der Waals surface area (Å²) < 4.78 is 30.5. The molecule has 0 radical (unpaired) electrons. The van der Waals surface area contributed by atoms with E-state index in [-0.39, 0.29) is 4.90 Å². The summed E-state index contributed by atoms with van der Waals surface area (Å²) in [5.41, 5.74) is 0. The van der Waals surface area contributed by atoms with Crippen LogP contribution in [0.5, 0.6) is 0 Å². The Labute approximate surface area is 114 Å². The van der Waals surface area contributed by atoms with Crippen LogP contribution in [0.25, 0.3) is 0 Å². The topological polar surface area (TPSA) is 54.4 Å². The van der Waals surface area contributed by atoms with Crippen LogP contribution in [-0.2, 0) is 10.1 Å². The van der Waals surface area contributed by atoms with Crippen LogP contribution in [0, 0.1) is 3.57 Å². The van der Waals surface area contributed by atoms with Gasteiger partial charge in [-0.1, -0.05) is 36.4 Å². The van der Waals surface area contributed by atoms with Crippen LogP contribution in [0.15, 0.2) is 65.6 Å². The molecule has 0 amide bonds. The Bertz CT molecular complexity index is 538. The van der Waals surface area contributed by atoms with E-state index in [0.717, 1.165) is 0 Å². The number of hydrogen-bond acceptors (Lipinski definition) is 2. The van der Waals surface area contributed by atoms with Crippen LogP contribution in [0.3, 0.4) is 0 Å². The molecule has 0 atom stereocenters. The van der Waals surface area contributed by atoms with Crippen LogP contribution in [0.2, 0.25) is 0 Å². The molecule has 0 aliphatic rings. The molecule has 2 aromatic rings. The molecule has 0 unspecified atom stereocenters. The molecule has 3 nitrogen and oxygen atoms in total. The predicted octanol–water partition coefficient (Wildman–Crippen LogP) is 3.22. The molecule has 0 saturated carbocycles. The van der Waals surface area contributed by atoms with Crippen molar-refractivity contribution in [2.45, 2.75) is 4.90 Å². The zero-order valence-corrected chi connectivity index (χ0v) is 11.8. The van der Waals surface area contributed by atoms with Gasteiger partial charge in [-0.25, -0.2) is 0 Å². The predicted molar refractivity (Wildman–Crippen MR) is 75.4 cm³/mol. The van der Waals surface area contributed by atoms with E-state index in [1.165, 1.54) is 15.7 Å². The first-order chi connectivity index (χ1) is 8.00. The van der Waals surface area contributed by atoms with Crippen molar-refractivity contribution in [2.24, 2.45) is 0 Å². The Morgan fingerprint density at radius 3 is 1.47 bits per heavy atom. The molecule has 0 aromatic heterocycles. The Morgan fingerprint density at radius 2 is 1.24 bits per heavy atom. The zero-order chi connectivity index (χ0) is 12.7. The highest BCUT2D eigenvalue weighted by atomic mass is 127. The number of hydrogen-bond donors (Lipinski definition) is 1. The van der Waals surface area contributed by atoms with E-state index >= 15 is 0 Å². The molecule has 0 aliphatic carbocycles. The van der Waals surface area contributed by atoms with Gasteiger partial charge >= 0.3 is 0 Å². The quantitative estimate of drug-likeness (QED) is 0.626. The van der Waals surface area contributed by atoms with Gasteiger partial charge in [-0.15, -0.1) is 0 Å². The molecule has 17 heavy (non-hydrogen) atoms. The third-order valence-electron chi connectivity index (χ3n) is 1.77. The third kappa shape index (κ3) is 5.81. The smallest absolute Gasteiger partial charge is 0.282 e. The Hall–Kier alpha value is -0.920. The van der Waals surface area contributed by atoms with Gasteiger partial charge in [0, 0.05) is 3.57 Å². The molecule has 0 saturated heterocycles. The van der Waals surface area contributed by atoms with Gasteiger partial charge in [0.25, 0.3) is 10.1 Å². The average Bonchev–Trinajstić information content (AvgIpc) is 2.31. The minimum absolute atomic E-state index is 0.0741. The molecular weight excluding hydrogens is 351 g/mol. The highest BCUT2D eigenvalue weighted by molar-refractivity contribution is 14.1. The second kappa shape index (κ2) is 6.73. The first kappa shape index (κ1) is 14.1. The monoisotopic (exact) mass is 362 g/mol. The lowest BCUT2D eigenvalue weighted by Gasteiger charge is -1.92. The Morgan fingerprint density at radius 1 is 0.824 bits per heavy atom. The van der Waals surface area contributed by atoms with Gasteiger partial charge in [0.1, 0.15) is 0 Å². The summed E-state index contributed by atoms with van der Waals surface area (Å²) in [6.45, 7) is 0. The maximum Gasteiger partial charge on any atom is 0.294 e. The maximum absolute atomic E-state index is 10.4. The van der Waals surface area contributed by atoms with Crippen molar-refractivity contribution < 1.29 is 13.0 Å². The van der Waals surface area contributed by atoms with E-state index in [0.29, 0.717) is 0 Å². The number of halogens is 1. The highest BCUT2D eigenvalue weighted by Gasteiger charge is 2.05. The van der Waals surface area contributed by atoms with E-state index in [4.69, 9.17) is 4.55 Å². The van der Waals surface area contributed by atoms with Crippen LogP contribution in [0.1, 0.15) is 0 Å². The second-order valence-corrected chi connectivity index (χ2v) is 5.75. The van der Waals surface area contributed by atoms with E-state index in [9.17, 15) is 8.42 Å². The largest absolute Gasteiger partial charge is 0.294 e. The van der Waals surface area contributed by atoms with E-state index in [1.807, 2.05) is 18.2 Å². The van der Waals surface area contributed by atoms with Gasteiger partial charge in [0.15, 0.2) is 0 Å². The zero-order valence-electron chi connectivity index (χ0n) is 8.82. The lowest BCUT2D eigenvalue weighted by atomic mass is 10.4. The van der Waals surface area contributed by atoms with Crippen LogP contribution in [0.4, 0.5) is 0 Å². The Kier molecular flexibility index (Phi) is 5.60. The molecule has 5 heteroatoms. The first-order valence-electron chi connectivity index (χ1n) is 4.73. The van der Waals surface area contributed by atoms with Crippen molar-refractivity contribution in [3.63, 3.8) is 0 Å². The molecule has 0 spiro atoms. The van der Waals surface area contributed by atoms with Crippen molar-refractivity contribution in [3.05, 3.63) is 64.2 Å². The minimum atomic E-state index is -4.00. The van der Waals surface area contributed by atoms with Crippen LogP contribution < -0.4 is 0 Å². The van der Waals surface area contributed by atoms with Crippen LogP contribution >= 0.6 is 22.6 Å². The lowest BCUT2D eigenvalue weighted by molar-refractivity contribution is 0.483. The summed E-state index contributed by atoms with van der Waals surface area (Å²) in [6, 6.07) is 17.6. The van der Waals surface area contributed by atoms with Gasteiger partial charge in [0.2, 0.25) is 0 Å². The number of rotatable bonds is 1. The third-order valence-corrected chi connectivity index (χ3v) is 3.36. The molecule has 2 rings (SSSR count). The van der Waals surface area contributed by atoms with E-state index < -0.39 is 10.1 Å². The van der Waals surface area contributed by atoms with E-state index in [2.05, 4.69) is 34.7 Å². The van der Waals surface area contributed by atoms with E-state index in [1.54, 1.807) is 18.2 Å². The minimum Gasteiger partial charge on any atom is -0.282 e. The number of benzene rings is 2. The van der Waals surface area contributed by atoms with Gasteiger partial charge in [-0.3, -0.25) is 4.55 Å². The summed E-state index contributed by atoms with van der Waals surface area (Å²) in [5, 5.41) is 0. The van der Waals surface area contributed by atoms with Crippen molar-refractivity contribution >= 4 is 32.7 Å². The summed E-state index contributed by atoms with van der Waals surface area (Å²) in [5.74, 6) is 0. The SMILES string of the molecule is Ic1ccccc1.O=S(=O)(O)c1ccccc1. The van der Waals surface area contributed by atoms with Crippen molar-refractivity contribution in [2.75, 3.05) is 0 Å². The fraction of sp³-hybridized carbons (Fsp3) is 0. The molecule has 0 heterocycles. The van der Waals surface area contributed by atoms with Gasteiger partial charge in [-0.2, -0.15) is 8.42 Å². The molecule has 0 bridgehead atoms. The van der Waals surface area contributed by atoms with Gasteiger partial charge in [0.05, 0.1) is 4.90 Å². The molecule has 90 valence electrons. The molecule has 2 aromatic carbocycles. The second-order valence-electron chi connectivity index (χ2n) is 3.08. The summed E-state index contributed by atoms with van der Waals surface area (Å²) in [4.78, 5) is -0.0741. The molecule has 0 fully saturated rings. The maximum atomic E-state index is 10.4. The first-order valence-corrected chi connectivity index (χ1v) is 7.25. The van der Waals surface area contributed by atoms with Crippen molar-refractivity contribution in [1.29, 1.82) is 0 Å². The van der Waals surface area contributed by atoms with Crippen molar-refractivity contribution in [1.82, 2.24) is 0 Å².